The zero-order valence-electron chi connectivity index (χ0n) is 19.1. The molecule has 2 aromatic rings. The van der Waals surface area contributed by atoms with Crippen molar-refractivity contribution in [1.82, 2.24) is 10.2 Å². The molecule has 1 heterocycles. The van der Waals surface area contributed by atoms with Crippen molar-refractivity contribution >= 4 is 23.5 Å². The van der Waals surface area contributed by atoms with Crippen molar-refractivity contribution in [2.45, 2.75) is 38.0 Å². The van der Waals surface area contributed by atoms with Crippen LogP contribution in [0.15, 0.2) is 59.8 Å². The zero-order chi connectivity index (χ0) is 26.2. The average Bonchev–Trinajstić information content (AvgIpc) is 3.22. The lowest BCUT2D eigenvalue weighted by molar-refractivity contribution is -0.139. The maximum absolute atomic E-state index is 13.8. The quantitative estimate of drug-likeness (QED) is 0.543. The number of alkyl halides is 2. The number of hydrogen-bond acceptors (Lipinski definition) is 6. The number of urea groups is 2. The van der Waals surface area contributed by atoms with Crippen LogP contribution in [0.25, 0.3) is 0 Å². The number of carbonyl (C=O) groups is 3. The zero-order valence-corrected chi connectivity index (χ0v) is 19.1. The number of nitrogens with one attached hydrogen (secondary N) is 1. The number of nitrogens with zero attached hydrogens (tertiary/aromatic N) is 3. The van der Waals surface area contributed by atoms with Crippen LogP contribution in [0.1, 0.15) is 48.9 Å². The SMILES string of the molecule is CC(O)(O)CNC(=O)N1C(=O)N(c2cccc(C(F)F)c2)C2=C(C(=O)CC2)[C@H]1c1ccc(C#N)cc1. The highest BCUT2D eigenvalue weighted by Gasteiger charge is 2.48. The molecule has 0 saturated carbocycles. The molecule has 1 aliphatic heterocycles. The van der Waals surface area contributed by atoms with E-state index in [0.717, 1.165) is 22.8 Å². The Labute approximate surface area is 204 Å². The van der Waals surface area contributed by atoms with E-state index >= 15 is 0 Å². The van der Waals surface area contributed by atoms with Gasteiger partial charge >= 0.3 is 12.1 Å². The molecule has 0 unspecified atom stereocenters. The number of aliphatic hydroxyl groups is 2. The Morgan fingerprint density at radius 3 is 2.50 bits per heavy atom. The molecule has 3 N–H and O–H groups in total. The van der Waals surface area contributed by atoms with Crippen LogP contribution < -0.4 is 10.2 Å². The van der Waals surface area contributed by atoms with Gasteiger partial charge in [-0.25, -0.2) is 23.3 Å². The predicted molar refractivity (Wildman–Crippen MR) is 123 cm³/mol. The van der Waals surface area contributed by atoms with Crippen LogP contribution >= 0.6 is 0 Å². The second-order valence-corrected chi connectivity index (χ2v) is 8.68. The molecule has 11 heteroatoms. The lowest BCUT2D eigenvalue weighted by Crippen LogP contribution is -2.56. The number of imide groups is 1. The molecular formula is C25H22F2N4O5. The third-order valence-corrected chi connectivity index (χ3v) is 5.93. The van der Waals surface area contributed by atoms with Crippen LogP contribution in [0.4, 0.5) is 24.1 Å². The van der Waals surface area contributed by atoms with Gasteiger partial charge in [-0.3, -0.25) is 9.69 Å². The summed E-state index contributed by atoms with van der Waals surface area (Å²) in [5.41, 5.74) is 0.859. The van der Waals surface area contributed by atoms with Crippen molar-refractivity contribution in [3.8, 4) is 6.07 Å². The average molecular weight is 496 g/mol. The summed E-state index contributed by atoms with van der Waals surface area (Å²) in [5.74, 6) is -2.61. The Balaban J connectivity index is 1.88. The lowest BCUT2D eigenvalue weighted by atomic mass is 9.92. The first-order valence-electron chi connectivity index (χ1n) is 11.0. The number of allylic oxidation sites excluding steroid dienone is 1. The Morgan fingerprint density at radius 2 is 1.89 bits per heavy atom. The molecule has 2 aromatic carbocycles. The van der Waals surface area contributed by atoms with E-state index in [-0.39, 0.29) is 35.4 Å². The minimum atomic E-state index is -2.80. The van der Waals surface area contributed by atoms with Crippen molar-refractivity contribution < 1.29 is 33.4 Å². The summed E-state index contributed by atoms with van der Waals surface area (Å²) in [4.78, 5) is 41.9. The molecule has 36 heavy (non-hydrogen) atoms. The molecule has 1 aliphatic carbocycles. The summed E-state index contributed by atoms with van der Waals surface area (Å²) in [6, 6.07) is 9.95. The standard InChI is InChI=1S/C25H22F2N4O5/c1-25(35,36)13-29-23(33)31-21(15-7-5-14(12-28)6-8-15)20-18(9-10-19(20)32)30(24(31)34)17-4-2-3-16(11-17)22(26)27/h2-8,11,21-22,35-36H,9-10,13H2,1H3,(H,29,33)/t21-/m1/s1. The van der Waals surface area contributed by atoms with Crippen LogP contribution in [0.3, 0.4) is 0 Å². The van der Waals surface area contributed by atoms with E-state index in [9.17, 15) is 33.4 Å². The molecule has 9 nitrogen and oxygen atoms in total. The number of Topliss-reactive ketones (excluding diaryl/α,β-unsaturated/α-hetero) is 1. The Hall–Kier alpha value is -4.14. The van der Waals surface area contributed by atoms with Gasteiger partial charge in [0.2, 0.25) is 0 Å². The predicted octanol–water partition coefficient (Wildman–Crippen LogP) is 3.51. The van der Waals surface area contributed by atoms with Gasteiger partial charge in [0.25, 0.3) is 6.43 Å². The number of amides is 4. The van der Waals surface area contributed by atoms with Crippen LogP contribution in [-0.4, -0.2) is 45.3 Å². The summed E-state index contributed by atoms with van der Waals surface area (Å²) < 4.78 is 26.8. The Bertz CT molecular complexity index is 1290. The number of rotatable bonds is 5. The molecule has 4 amide bonds. The third-order valence-electron chi connectivity index (χ3n) is 5.93. The van der Waals surface area contributed by atoms with Gasteiger partial charge in [0, 0.05) is 23.3 Å². The first-order chi connectivity index (χ1) is 17.0. The fourth-order valence-corrected chi connectivity index (χ4v) is 4.32. The topological polar surface area (TPSA) is 134 Å². The second kappa shape index (κ2) is 9.49. The van der Waals surface area contributed by atoms with Gasteiger partial charge in [0.15, 0.2) is 11.6 Å². The number of ketones is 1. The number of benzene rings is 2. The van der Waals surface area contributed by atoms with Crippen LogP contribution in [-0.2, 0) is 4.79 Å². The number of carbonyl (C=O) groups excluding carboxylic acids is 3. The number of halogens is 2. The monoisotopic (exact) mass is 496 g/mol. The fourth-order valence-electron chi connectivity index (χ4n) is 4.32. The van der Waals surface area contributed by atoms with Gasteiger partial charge in [-0.15, -0.1) is 0 Å². The normalized spacial score (nSPS) is 18.0. The molecule has 186 valence electrons. The highest BCUT2D eigenvalue weighted by Crippen LogP contribution is 2.45. The van der Waals surface area contributed by atoms with E-state index in [1.807, 2.05) is 6.07 Å². The molecule has 0 bridgehead atoms. The summed E-state index contributed by atoms with van der Waals surface area (Å²) in [6.07, 6.45) is -2.59. The van der Waals surface area contributed by atoms with Gasteiger partial charge in [-0.1, -0.05) is 24.3 Å². The second-order valence-electron chi connectivity index (χ2n) is 8.68. The van der Waals surface area contributed by atoms with E-state index in [1.54, 1.807) is 0 Å². The minimum Gasteiger partial charge on any atom is -0.364 e. The molecule has 0 spiro atoms. The molecule has 0 aromatic heterocycles. The summed E-state index contributed by atoms with van der Waals surface area (Å²) in [7, 11) is 0. The highest BCUT2D eigenvalue weighted by molar-refractivity contribution is 6.12. The number of nitriles is 1. The van der Waals surface area contributed by atoms with E-state index in [1.165, 1.54) is 42.5 Å². The molecule has 0 fully saturated rings. The Kier molecular flexibility index (Phi) is 6.58. The van der Waals surface area contributed by atoms with Crippen molar-refractivity contribution in [2.24, 2.45) is 0 Å². The minimum absolute atomic E-state index is 0.0522. The first kappa shape index (κ1) is 25.0. The summed E-state index contributed by atoms with van der Waals surface area (Å²) in [5, 5.41) is 30.7. The molecule has 0 saturated heterocycles. The largest absolute Gasteiger partial charge is 0.364 e. The van der Waals surface area contributed by atoms with Gasteiger partial charge in [0.1, 0.15) is 0 Å². The van der Waals surface area contributed by atoms with Crippen molar-refractivity contribution in [3.63, 3.8) is 0 Å². The molecule has 4 rings (SSSR count). The maximum atomic E-state index is 13.8. The van der Waals surface area contributed by atoms with Crippen LogP contribution in [0, 0.1) is 11.3 Å². The van der Waals surface area contributed by atoms with Crippen molar-refractivity contribution in [2.75, 3.05) is 11.4 Å². The number of anilines is 1. The van der Waals surface area contributed by atoms with Crippen molar-refractivity contribution in [3.05, 3.63) is 76.5 Å². The molecule has 0 radical (unpaired) electrons. The van der Waals surface area contributed by atoms with Gasteiger partial charge < -0.3 is 15.5 Å². The third kappa shape index (κ3) is 4.68. The fraction of sp³-hybridized carbons (Fsp3) is 0.280. The maximum Gasteiger partial charge on any atom is 0.337 e. The van der Waals surface area contributed by atoms with E-state index in [4.69, 9.17) is 5.26 Å². The van der Waals surface area contributed by atoms with Gasteiger partial charge in [-0.05, 0) is 43.2 Å². The Morgan fingerprint density at radius 1 is 1.19 bits per heavy atom. The van der Waals surface area contributed by atoms with Crippen LogP contribution in [0.5, 0.6) is 0 Å². The molecule has 2 aliphatic rings. The van der Waals surface area contributed by atoms with Crippen LogP contribution in [0.2, 0.25) is 0 Å². The first-order valence-corrected chi connectivity index (χ1v) is 11.0. The summed E-state index contributed by atoms with van der Waals surface area (Å²) in [6.45, 7) is 0.406. The smallest absolute Gasteiger partial charge is 0.337 e. The highest BCUT2D eigenvalue weighted by atomic mass is 19.3. The lowest BCUT2D eigenvalue weighted by Gasteiger charge is -2.41. The molecular weight excluding hydrogens is 474 g/mol. The van der Waals surface area contributed by atoms with Crippen molar-refractivity contribution in [1.29, 1.82) is 5.26 Å². The van der Waals surface area contributed by atoms with Gasteiger partial charge in [0.05, 0.1) is 29.9 Å². The van der Waals surface area contributed by atoms with E-state index in [2.05, 4.69) is 5.32 Å². The van der Waals surface area contributed by atoms with E-state index in [0.29, 0.717) is 16.8 Å². The molecule has 1 atom stereocenters. The number of hydrogen-bond donors (Lipinski definition) is 3. The summed E-state index contributed by atoms with van der Waals surface area (Å²) >= 11 is 0. The van der Waals surface area contributed by atoms with E-state index < -0.39 is 36.9 Å². The van der Waals surface area contributed by atoms with Gasteiger partial charge in [-0.2, -0.15) is 5.26 Å².